The summed E-state index contributed by atoms with van der Waals surface area (Å²) in [6.07, 6.45) is 0. The second kappa shape index (κ2) is 7.32. The summed E-state index contributed by atoms with van der Waals surface area (Å²) < 4.78 is 6.72. The van der Waals surface area contributed by atoms with Crippen molar-refractivity contribution >= 4 is 17.9 Å². The zero-order chi connectivity index (χ0) is 12.7. The van der Waals surface area contributed by atoms with E-state index in [1.807, 2.05) is 35.6 Å². The van der Waals surface area contributed by atoms with E-state index in [4.69, 9.17) is 10.5 Å². The fourth-order valence-electron chi connectivity index (χ4n) is 1.29. The minimum absolute atomic E-state index is 0.207. The van der Waals surface area contributed by atoms with E-state index in [-0.39, 0.29) is 12.5 Å². The molecule has 94 valence electrons. The topological polar surface area (TPSA) is 55.6 Å². The van der Waals surface area contributed by atoms with Gasteiger partial charge in [0.05, 0.1) is 6.61 Å². The standard InChI is InChI=1S/C12H18N2O2S/c1-3-16-12(15)9-14(2)17-11-6-4-10(8-13)5-7-11/h4-7H,3,8-9,13H2,1-2H3. The van der Waals surface area contributed by atoms with Crippen molar-refractivity contribution in [2.75, 3.05) is 20.2 Å². The van der Waals surface area contributed by atoms with Crippen LogP contribution in [0.3, 0.4) is 0 Å². The second-order valence-electron chi connectivity index (χ2n) is 3.53. The maximum absolute atomic E-state index is 11.3. The number of nitrogens with two attached hydrogens (primary N) is 1. The molecule has 0 aliphatic carbocycles. The summed E-state index contributed by atoms with van der Waals surface area (Å²) in [6.45, 7) is 3.04. The Morgan fingerprint density at radius 3 is 2.59 bits per heavy atom. The molecule has 1 rings (SSSR count). The lowest BCUT2D eigenvalue weighted by molar-refractivity contribution is -0.142. The van der Waals surface area contributed by atoms with Crippen LogP contribution in [0.4, 0.5) is 0 Å². The first-order valence-corrected chi connectivity index (χ1v) is 6.26. The molecule has 0 aliphatic rings. The lowest BCUT2D eigenvalue weighted by Gasteiger charge is -2.14. The van der Waals surface area contributed by atoms with Crippen LogP contribution < -0.4 is 5.73 Å². The van der Waals surface area contributed by atoms with Gasteiger partial charge in [-0.2, -0.15) is 0 Å². The van der Waals surface area contributed by atoms with Crippen LogP contribution >= 0.6 is 11.9 Å². The van der Waals surface area contributed by atoms with Gasteiger partial charge in [0, 0.05) is 11.4 Å². The number of benzene rings is 1. The molecular weight excluding hydrogens is 236 g/mol. The third-order valence-electron chi connectivity index (χ3n) is 2.08. The number of likely N-dealkylation sites (N-methyl/N-ethyl adjacent to an activating group) is 1. The summed E-state index contributed by atoms with van der Waals surface area (Å²) >= 11 is 1.51. The Morgan fingerprint density at radius 2 is 2.06 bits per heavy atom. The van der Waals surface area contributed by atoms with Crippen LogP contribution in [0.2, 0.25) is 0 Å². The molecule has 4 nitrogen and oxygen atoms in total. The number of hydrogen-bond donors (Lipinski definition) is 1. The minimum atomic E-state index is -0.207. The lowest BCUT2D eigenvalue weighted by Crippen LogP contribution is -2.21. The average molecular weight is 254 g/mol. The van der Waals surface area contributed by atoms with E-state index in [9.17, 15) is 4.79 Å². The molecule has 17 heavy (non-hydrogen) atoms. The number of nitrogens with zero attached hydrogens (tertiary/aromatic N) is 1. The number of hydrogen-bond acceptors (Lipinski definition) is 5. The van der Waals surface area contributed by atoms with E-state index in [0.29, 0.717) is 13.2 Å². The molecule has 0 amide bonds. The molecule has 1 aromatic carbocycles. The van der Waals surface area contributed by atoms with Gasteiger partial charge in [0.2, 0.25) is 0 Å². The van der Waals surface area contributed by atoms with Crippen LogP contribution in [0.1, 0.15) is 12.5 Å². The van der Waals surface area contributed by atoms with E-state index in [0.717, 1.165) is 10.5 Å². The van der Waals surface area contributed by atoms with E-state index in [1.165, 1.54) is 11.9 Å². The van der Waals surface area contributed by atoms with Crippen molar-refractivity contribution < 1.29 is 9.53 Å². The molecule has 0 radical (unpaired) electrons. The smallest absolute Gasteiger partial charge is 0.321 e. The molecular formula is C12H18N2O2S. The van der Waals surface area contributed by atoms with Gasteiger partial charge in [0.25, 0.3) is 0 Å². The van der Waals surface area contributed by atoms with Crippen LogP contribution in [0, 0.1) is 0 Å². The summed E-state index contributed by atoms with van der Waals surface area (Å²) in [5.74, 6) is -0.207. The maximum atomic E-state index is 11.3. The minimum Gasteiger partial charge on any atom is -0.465 e. The fraction of sp³-hybridized carbons (Fsp3) is 0.417. The molecule has 5 heteroatoms. The summed E-state index contributed by atoms with van der Waals surface area (Å²) in [6, 6.07) is 7.96. The highest BCUT2D eigenvalue weighted by molar-refractivity contribution is 7.97. The maximum Gasteiger partial charge on any atom is 0.321 e. The van der Waals surface area contributed by atoms with E-state index in [2.05, 4.69) is 0 Å². The Labute approximate surface area is 106 Å². The van der Waals surface area contributed by atoms with Crippen molar-refractivity contribution in [3.8, 4) is 0 Å². The Kier molecular flexibility index (Phi) is 6.04. The summed E-state index contributed by atoms with van der Waals surface area (Å²) in [5.41, 5.74) is 6.62. The van der Waals surface area contributed by atoms with Gasteiger partial charge < -0.3 is 10.5 Å². The van der Waals surface area contributed by atoms with Crippen LogP contribution in [-0.2, 0) is 16.1 Å². The third kappa shape index (κ3) is 5.21. The highest BCUT2D eigenvalue weighted by Gasteiger charge is 2.08. The predicted molar refractivity (Wildman–Crippen MR) is 69.5 cm³/mol. The van der Waals surface area contributed by atoms with Gasteiger partial charge in [0.1, 0.15) is 6.54 Å². The van der Waals surface area contributed by atoms with Crippen LogP contribution in [0.25, 0.3) is 0 Å². The van der Waals surface area contributed by atoms with Crippen molar-refractivity contribution in [3.05, 3.63) is 29.8 Å². The Bertz CT molecular complexity index is 354. The van der Waals surface area contributed by atoms with Gasteiger partial charge in [-0.05, 0) is 43.6 Å². The zero-order valence-electron chi connectivity index (χ0n) is 10.2. The third-order valence-corrected chi connectivity index (χ3v) is 3.00. The van der Waals surface area contributed by atoms with Crippen molar-refractivity contribution in [3.63, 3.8) is 0 Å². The summed E-state index contributed by atoms with van der Waals surface area (Å²) in [5, 5.41) is 0. The van der Waals surface area contributed by atoms with E-state index >= 15 is 0 Å². The predicted octanol–water partition coefficient (Wildman–Crippen LogP) is 1.65. The van der Waals surface area contributed by atoms with Gasteiger partial charge >= 0.3 is 5.97 Å². The van der Waals surface area contributed by atoms with Crippen molar-refractivity contribution in [1.82, 2.24) is 4.31 Å². The van der Waals surface area contributed by atoms with Crippen molar-refractivity contribution in [2.24, 2.45) is 5.73 Å². The van der Waals surface area contributed by atoms with Gasteiger partial charge in [-0.1, -0.05) is 12.1 Å². The monoisotopic (exact) mass is 254 g/mol. The summed E-state index contributed by atoms with van der Waals surface area (Å²) in [4.78, 5) is 12.3. The molecule has 0 fully saturated rings. The SMILES string of the molecule is CCOC(=O)CN(C)Sc1ccc(CN)cc1. The number of esters is 1. The number of carbonyl (C=O) groups excluding carboxylic acids is 1. The normalized spacial score (nSPS) is 10.6. The Morgan fingerprint density at radius 1 is 1.41 bits per heavy atom. The molecule has 0 aromatic heterocycles. The zero-order valence-corrected chi connectivity index (χ0v) is 11.0. The van der Waals surface area contributed by atoms with Gasteiger partial charge in [-0.3, -0.25) is 4.79 Å². The molecule has 0 atom stereocenters. The first-order chi connectivity index (χ1) is 8.15. The first-order valence-electron chi connectivity index (χ1n) is 5.49. The van der Waals surface area contributed by atoms with Crippen LogP contribution in [0.15, 0.2) is 29.2 Å². The quantitative estimate of drug-likeness (QED) is 0.618. The fourth-order valence-corrected chi connectivity index (χ4v) is 2.07. The van der Waals surface area contributed by atoms with Crippen molar-refractivity contribution in [1.29, 1.82) is 0 Å². The number of rotatable bonds is 6. The highest BCUT2D eigenvalue weighted by atomic mass is 32.2. The van der Waals surface area contributed by atoms with E-state index in [1.54, 1.807) is 6.92 Å². The second-order valence-corrected chi connectivity index (χ2v) is 4.81. The van der Waals surface area contributed by atoms with Gasteiger partial charge in [-0.15, -0.1) is 0 Å². The lowest BCUT2D eigenvalue weighted by atomic mass is 10.2. The van der Waals surface area contributed by atoms with Crippen LogP contribution in [0.5, 0.6) is 0 Å². The average Bonchev–Trinajstić information content (AvgIpc) is 2.30. The molecule has 0 spiro atoms. The van der Waals surface area contributed by atoms with Crippen LogP contribution in [-0.4, -0.2) is 30.5 Å². The Balaban J connectivity index is 2.44. The number of carbonyl (C=O) groups is 1. The van der Waals surface area contributed by atoms with Crippen molar-refractivity contribution in [2.45, 2.75) is 18.4 Å². The summed E-state index contributed by atoms with van der Waals surface area (Å²) in [7, 11) is 1.86. The van der Waals surface area contributed by atoms with Gasteiger partial charge in [0.15, 0.2) is 0 Å². The first kappa shape index (κ1) is 14.0. The molecule has 0 aliphatic heterocycles. The molecule has 0 saturated heterocycles. The molecule has 0 unspecified atom stereocenters. The van der Waals surface area contributed by atoms with Gasteiger partial charge in [-0.25, -0.2) is 4.31 Å². The number of ether oxygens (including phenoxy) is 1. The molecule has 0 saturated carbocycles. The van der Waals surface area contributed by atoms with E-state index < -0.39 is 0 Å². The molecule has 1 aromatic rings. The molecule has 0 heterocycles. The largest absolute Gasteiger partial charge is 0.465 e. The Hall–Kier alpha value is -1.04. The molecule has 0 bridgehead atoms. The molecule has 2 N–H and O–H groups in total. The highest BCUT2D eigenvalue weighted by Crippen LogP contribution is 2.21.